The molecule has 0 spiro atoms. The molecule has 0 atom stereocenters. The average molecular weight is 140 g/mol. The number of hydrogen-bond donors (Lipinski definition) is 3. The highest BCUT2D eigenvalue weighted by Crippen LogP contribution is 2.09. The quantitative estimate of drug-likeness (QED) is 0.276. The Morgan fingerprint density at radius 2 is 2.50 bits per heavy atom. The van der Waals surface area contributed by atoms with Gasteiger partial charge in [-0.05, 0) is 6.08 Å². The lowest BCUT2D eigenvalue weighted by atomic mass is 10.3. The van der Waals surface area contributed by atoms with E-state index in [-0.39, 0.29) is 5.76 Å². The van der Waals surface area contributed by atoms with Gasteiger partial charge in [-0.15, -0.1) is 5.11 Å². The number of nitrogens with two attached hydrogens (primary N) is 1. The SMILES string of the molecule is NN=NC1=CCNC=C1O. The fraction of sp³-hybridized carbons (Fsp3) is 0.200. The van der Waals surface area contributed by atoms with Gasteiger partial charge in [-0.3, -0.25) is 0 Å². The smallest absolute Gasteiger partial charge is 0.158 e. The minimum absolute atomic E-state index is 0.0560. The van der Waals surface area contributed by atoms with Crippen LogP contribution in [0.25, 0.3) is 0 Å². The Bertz CT molecular complexity index is 206. The van der Waals surface area contributed by atoms with Crippen molar-refractivity contribution in [2.45, 2.75) is 0 Å². The number of aliphatic hydroxyl groups is 1. The van der Waals surface area contributed by atoms with Gasteiger partial charge in [0.1, 0.15) is 5.70 Å². The molecule has 0 bridgehead atoms. The topological polar surface area (TPSA) is 83.0 Å². The van der Waals surface area contributed by atoms with Crippen LogP contribution < -0.4 is 11.2 Å². The molecule has 0 amide bonds. The maximum Gasteiger partial charge on any atom is 0.158 e. The van der Waals surface area contributed by atoms with E-state index >= 15 is 0 Å². The molecule has 0 saturated carbocycles. The van der Waals surface area contributed by atoms with Gasteiger partial charge >= 0.3 is 0 Å². The van der Waals surface area contributed by atoms with Crippen molar-refractivity contribution in [3.05, 3.63) is 23.7 Å². The molecule has 1 heterocycles. The fourth-order valence-electron chi connectivity index (χ4n) is 0.644. The summed E-state index contributed by atoms with van der Waals surface area (Å²) in [4.78, 5) is 0. The molecule has 0 radical (unpaired) electrons. The van der Waals surface area contributed by atoms with E-state index in [9.17, 15) is 0 Å². The molecule has 0 fully saturated rings. The van der Waals surface area contributed by atoms with Crippen LogP contribution in [0.4, 0.5) is 0 Å². The Morgan fingerprint density at radius 1 is 1.70 bits per heavy atom. The first kappa shape index (κ1) is 6.60. The Kier molecular flexibility index (Phi) is 1.89. The van der Waals surface area contributed by atoms with Crippen LogP contribution in [0.2, 0.25) is 0 Å². The third kappa shape index (κ3) is 1.25. The summed E-state index contributed by atoms with van der Waals surface area (Å²) in [5.74, 6) is 4.84. The fourth-order valence-corrected chi connectivity index (χ4v) is 0.644. The molecule has 1 rings (SSSR count). The van der Waals surface area contributed by atoms with Gasteiger partial charge < -0.3 is 16.3 Å². The van der Waals surface area contributed by atoms with Gasteiger partial charge in [-0.1, -0.05) is 5.22 Å². The Balaban J connectivity index is 2.74. The van der Waals surface area contributed by atoms with Crippen LogP contribution in [0.5, 0.6) is 0 Å². The van der Waals surface area contributed by atoms with E-state index < -0.39 is 0 Å². The molecular formula is C5H8N4O. The highest BCUT2D eigenvalue weighted by molar-refractivity contribution is 5.25. The number of nitrogens with zero attached hydrogens (tertiary/aromatic N) is 2. The molecular weight excluding hydrogens is 132 g/mol. The summed E-state index contributed by atoms with van der Waals surface area (Å²) in [5, 5.41) is 18.3. The van der Waals surface area contributed by atoms with Crippen LogP contribution in [0.3, 0.4) is 0 Å². The zero-order chi connectivity index (χ0) is 7.40. The zero-order valence-corrected chi connectivity index (χ0v) is 5.28. The highest BCUT2D eigenvalue weighted by atomic mass is 16.3. The molecule has 5 heteroatoms. The molecule has 0 aromatic heterocycles. The molecule has 10 heavy (non-hydrogen) atoms. The number of rotatable bonds is 1. The zero-order valence-electron chi connectivity index (χ0n) is 5.28. The summed E-state index contributed by atoms with van der Waals surface area (Å²) in [5.41, 5.74) is 0.404. The number of dihydropyridines is 1. The molecule has 4 N–H and O–H groups in total. The second-order valence-electron chi connectivity index (χ2n) is 1.74. The van der Waals surface area contributed by atoms with Crippen LogP contribution >= 0.6 is 0 Å². The van der Waals surface area contributed by atoms with E-state index in [0.717, 1.165) is 0 Å². The van der Waals surface area contributed by atoms with Crippen LogP contribution in [0.1, 0.15) is 0 Å². The van der Waals surface area contributed by atoms with Gasteiger partial charge in [-0.2, -0.15) is 0 Å². The summed E-state index contributed by atoms with van der Waals surface area (Å²) in [7, 11) is 0. The summed E-state index contributed by atoms with van der Waals surface area (Å²) >= 11 is 0. The first-order chi connectivity index (χ1) is 4.84. The Morgan fingerprint density at radius 3 is 3.10 bits per heavy atom. The van der Waals surface area contributed by atoms with Crippen molar-refractivity contribution >= 4 is 0 Å². The van der Waals surface area contributed by atoms with E-state index in [0.29, 0.717) is 12.2 Å². The maximum atomic E-state index is 9.02. The molecule has 1 aliphatic heterocycles. The number of nitrogens with one attached hydrogen (secondary N) is 1. The van der Waals surface area contributed by atoms with E-state index in [1.54, 1.807) is 6.08 Å². The van der Waals surface area contributed by atoms with Gasteiger partial charge in [0.05, 0.1) is 0 Å². The minimum Gasteiger partial charge on any atom is -0.504 e. The largest absolute Gasteiger partial charge is 0.504 e. The third-order valence-corrected chi connectivity index (χ3v) is 1.08. The average Bonchev–Trinajstić information content (AvgIpc) is 1.94. The van der Waals surface area contributed by atoms with E-state index in [2.05, 4.69) is 15.7 Å². The molecule has 0 aliphatic carbocycles. The summed E-state index contributed by atoms with van der Waals surface area (Å²) in [6.45, 7) is 0.637. The molecule has 1 aliphatic rings. The second kappa shape index (κ2) is 2.86. The summed E-state index contributed by atoms with van der Waals surface area (Å²) in [6, 6.07) is 0. The van der Waals surface area contributed by atoms with Crippen molar-refractivity contribution < 1.29 is 5.11 Å². The molecule has 5 nitrogen and oxygen atoms in total. The minimum atomic E-state index is 0.0560. The Labute approximate surface area is 57.9 Å². The monoisotopic (exact) mass is 140 g/mol. The number of aliphatic hydroxyl groups excluding tert-OH is 1. The summed E-state index contributed by atoms with van der Waals surface area (Å²) < 4.78 is 0. The van der Waals surface area contributed by atoms with Gasteiger partial charge in [0.15, 0.2) is 5.76 Å². The van der Waals surface area contributed by atoms with Gasteiger partial charge in [0.2, 0.25) is 0 Å². The van der Waals surface area contributed by atoms with Gasteiger partial charge in [0.25, 0.3) is 0 Å². The van der Waals surface area contributed by atoms with Crippen molar-refractivity contribution in [1.82, 2.24) is 5.32 Å². The molecule has 0 aromatic rings. The Hall–Kier alpha value is -1.52. The van der Waals surface area contributed by atoms with Crippen molar-refractivity contribution in [2.75, 3.05) is 6.54 Å². The van der Waals surface area contributed by atoms with Crippen molar-refractivity contribution in [2.24, 2.45) is 16.2 Å². The normalized spacial score (nSPS) is 18.0. The van der Waals surface area contributed by atoms with Crippen LogP contribution in [-0.4, -0.2) is 11.7 Å². The van der Waals surface area contributed by atoms with E-state index in [1.165, 1.54) is 6.20 Å². The summed E-state index contributed by atoms with van der Waals surface area (Å²) in [6.07, 6.45) is 3.13. The lowest BCUT2D eigenvalue weighted by Gasteiger charge is -2.05. The van der Waals surface area contributed by atoms with Crippen LogP contribution in [-0.2, 0) is 0 Å². The van der Waals surface area contributed by atoms with Crippen LogP contribution in [0.15, 0.2) is 34.1 Å². The molecule has 54 valence electrons. The van der Waals surface area contributed by atoms with Gasteiger partial charge in [0, 0.05) is 12.7 Å². The first-order valence-electron chi connectivity index (χ1n) is 2.78. The predicted octanol–water partition coefficient (Wildman–Crippen LogP) is 0.199. The van der Waals surface area contributed by atoms with E-state index in [1.807, 2.05) is 0 Å². The predicted molar refractivity (Wildman–Crippen MR) is 35.8 cm³/mol. The number of hydrogen-bond acceptors (Lipinski definition) is 4. The lowest BCUT2D eigenvalue weighted by molar-refractivity contribution is 0.412. The highest BCUT2D eigenvalue weighted by Gasteiger charge is 2.04. The first-order valence-corrected chi connectivity index (χ1v) is 2.78. The second-order valence-corrected chi connectivity index (χ2v) is 1.74. The van der Waals surface area contributed by atoms with Crippen molar-refractivity contribution in [3.8, 4) is 0 Å². The van der Waals surface area contributed by atoms with Crippen molar-refractivity contribution in [1.29, 1.82) is 0 Å². The van der Waals surface area contributed by atoms with Crippen LogP contribution in [0, 0.1) is 0 Å². The maximum absolute atomic E-state index is 9.02. The third-order valence-electron chi connectivity index (χ3n) is 1.08. The lowest BCUT2D eigenvalue weighted by Crippen LogP contribution is -2.11. The van der Waals surface area contributed by atoms with Crippen molar-refractivity contribution in [3.63, 3.8) is 0 Å². The standard InChI is InChI=1S/C5H8N4O/c6-9-8-4-1-2-7-3-5(4)10/h1,3,7,10H,2H2,(H2,6,8). The molecule has 0 saturated heterocycles. The van der Waals surface area contributed by atoms with E-state index in [4.69, 9.17) is 10.9 Å². The van der Waals surface area contributed by atoms with Gasteiger partial charge in [-0.25, -0.2) is 0 Å². The molecule has 0 aromatic carbocycles. The molecule has 0 unspecified atom stereocenters.